The van der Waals surface area contributed by atoms with Crippen LogP contribution in [-0.4, -0.2) is 6.21 Å². The van der Waals surface area contributed by atoms with Gasteiger partial charge in [0.25, 0.3) is 0 Å². The Morgan fingerprint density at radius 2 is 1.73 bits per heavy atom. The molecule has 66 valence electrons. The average Bonchev–Trinajstić information content (AvgIpc) is 1.90. The largest absolute Gasteiger partial charge is 0.312 e. The van der Waals surface area contributed by atoms with Crippen molar-refractivity contribution in [1.82, 2.24) is 0 Å². The first-order valence-corrected chi connectivity index (χ1v) is 4.33. The van der Waals surface area contributed by atoms with E-state index < -0.39 is 0 Å². The van der Waals surface area contributed by atoms with Crippen molar-refractivity contribution in [3.05, 3.63) is 11.0 Å². The Bertz CT molecular complexity index is 132. The lowest BCUT2D eigenvalue weighted by molar-refractivity contribution is 0.688. The maximum absolute atomic E-state index is 7.00. The summed E-state index contributed by atoms with van der Waals surface area (Å²) in [5.74, 6) is 0. The Labute approximate surface area is 75.8 Å². The van der Waals surface area contributed by atoms with Crippen LogP contribution in [0.4, 0.5) is 0 Å². The van der Waals surface area contributed by atoms with E-state index in [4.69, 9.17) is 5.41 Å². The van der Waals surface area contributed by atoms with Crippen LogP contribution in [0, 0.1) is 10.8 Å². The molecule has 1 nitrogen and oxygen atoms in total. The molecule has 2 heteroatoms. The van der Waals surface area contributed by atoms with Crippen molar-refractivity contribution in [2.24, 2.45) is 5.41 Å². The molecule has 11 heavy (non-hydrogen) atoms. The molecule has 0 heterocycles. The zero-order valence-electron chi connectivity index (χ0n) is 8.10. The van der Waals surface area contributed by atoms with Gasteiger partial charge in [-0.25, -0.2) is 0 Å². The van der Waals surface area contributed by atoms with Crippen molar-refractivity contribution in [2.45, 2.75) is 34.6 Å². The summed E-state index contributed by atoms with van der Waals surface area (Å²) < 4.78 is 0. The van der Waals surface area contributed by atoms with Crippen molar-refractivity contribution in [2.75, 3.05) is 0 Å². The molecule has 0 saturated heterocycles. The Morgan fingerprint density at radius 1 is 1.36 bits per heavy atom. The van der Waals surface area contributed by atoms with Crippen LogP contribution in [0.15, 0.2) is 11.0 Å². The average molecular weight is 173 g/mol. The topological polar surface area (TPSA) is 23.9 Å². The molecule has 0 aromatic rings. The lowest BCUT2D eigenvalue weighted by Crippen LogP contribution is -2.07. The predicted molar refractivity (Wildman–Crippen MR) is 56.7 cm³/mol. The minimum atomic E-state index is -0.133. The van der Waals surface area contributed by atoms with E-state index in [1.807, 2.05) is 40.7 Å². The van der Waals surface area contributed by atoms with Gasteiger partial charge >= 0.3 is 0 Å². The summed E-state index contributed by atoms with van der Waals surface area (Å²) in [6, 6.07) is 0. The standard InChI is InChI=1S/C7H13NS.C2H6/c1-6(9)4-7(2,3)5-8;1-2/h4-5,8-9H,1-3H3;1-2H3/b6-4-,8-5?;. The molecule has 0 spiro atoms. The van der Waals surface area contributed by atoms with Gasteiger partial charge in [-0.2, -0.15) is 0 Å². The smallest absolute Gasteiger partial charge is 0.0182 e. The van der Waals surface area contributed by atoms with Gasteiger partial charge in [-0.05, 0) is 11.8 Å². The second kappa shape index (κ2) is 6.47. The van der Waals surface area contributed by atoms with Gasteiger partial charge in [0.05, 0.1) is 0 Å². The fraction of sp³-hybridized carbons (Fsp3) is 0.667. The molecule has 0 bridgehead atoms. The second-order valence-corrected chi connectivity index (χ2v) is 3.46. The normalized spacial score (nSPS) is 11.6. The zero-order chi connectivity index (χ0) is 9.49. The van der Waals surface area contributed by atoms with Crippen LogP contribution in [0.1, 0.15) is 34.6 Å². The molecule has 0 aliphatic heterocycles. The van der Waals surface area contributed by atoms with E-state index in [-0.39, 0.29) is 5.41 Å². The fourth-order valence-electron chi connectivity index (χ4n) is 0.580. The van der Waals surface area contributed by atoms with E-state index in [2.05, 4.69) is 12.6 Å². The monoisotopic (exact) mass is 173 g/mol. The third-order valence-corrected chi connectivity index (χ3v) is 1.08. The Morgan fingerprint density at radius 3 is 1.82 bits per heavy atom. The number of hydrogen-bond donors (Lipinski definition) is 2. The molecule has 0 fully saturated rings. The van der Waals surface area contributed by atoms with E-state index in [9.17, 15) is 0 Å². The van der Waals surface area contributed by atoms with Gasteiger partial charge in [-0.1, -0.05) is 33.8 Å². The molecule has 0 atom stereocenters. The Kier molecular flexibility index (Phi) is 7.85. The van der Waals surface area contributed by atoms with Gasteiger partial charge in [-0.3, -0.25) is 0 Å². The van der Waals surface area contributed by atoms with Crippen molar-refractivity contribution in [3.63, 3.8) is 0 Å². The highest BCUT2D eigenvalue weighted by atomic mass is 32.1. The second-order valence-electron chi connectivity index (χ2n) is 2.75. The van der Waals surface area contributed by atoms with Crippen LogP contribution in [-0.2, 0) is 0 Å². The molecular formula is C9H19NS. The molecular weight excluding hydrogens is 154 g/mol. The van der Waals surface area contributed by atoms with Gasteiger partial charge in [0.15, 0.2) is 0 Å². The first-order chi connectivity index (χ1) is 4.98. The maximum atomic E-state index is 7.00. The highest BCUT2D eigenvalue weighted by molar-refractivity contribution is 7.84. The number of nitrogens with one attached hydrogen (secondary N) is 1. The van der Waals surface area contributed by atoms with Gasteiger partial charge < -0.3 is 5.41 Å². The first kappa shape index (κ1) is 13.4. The molecule has 0 aromatic carbocycles. The highest BCUT2D eigenvalue weighted by Crippen LogP contribution is 2.16. The zero-order valence-corrected chi connectivity index (χ0v) is 9.00. The fourth-order valence-corrected chi connectivity index (χ4v) is 0.913. The van der Waals surface area contributed by atoms with Gasteiger partial charge in [0.2, 0.25) is 0 Å². The first-order valence-electron chi connectivity index (χ1n) is 3.88. The van der Waals surface area contributed by atoms with Gasteiger partial charge in [-0.15, -0.1) is 12.6 Å². The highest BCUT2D eigenvalue weighted by Gasteiger charge is 2.08. The van der Waals surface area contributed by atoms with Gasteiger partial charge in [0, 0.05) is 11.6 Å². The molecule has 0 saturated carbocycles. The van der Waals surface area contributed by atoms with Crippen molar-refractivity contribution >= 4 is 18.8 Å². The molecule has 0 unspecified atom stereocenters. The summed E-state index contributed by atoms with van der Waals surface area (Å²) in [5.41, 5.74) is -0.133. The SMILES string of the molecule is C/C(S)=C/C(C)(C)C=N.CC. The summed E-state index contributed by atoms with van der Waals surface area (Å²) in [6.07, 6.45) is 3.36. The summed E-state index contributed by atoms with van der Waals surface area (Å²) in [4.78, 5) is 0.962. The summed E-state index contributed by atoms with van der Waals surface area (Å²) in [5, 5.41) is 7.00. The van der Waals surface area contributed by atoms with E-state index in [0.717, 1.165) is 4.91 Å². The van der Waals surface area contributed by atoms with Crippen LogP contribution in [0.2, 0.25) is 0 Å². The number of hydrogen-bond acceptors (Lipinski definition) is 2. The molecule has 1 N–H and O–H groups in total. The number of rotatable bonds is 2. The molecule has 0 aliphatic rings. The van der Waals surface area contributed by atoms with Crippen LogP contribution in [0.3, 0.4) is 0 Å². The van der Waals surface area contributed by atoms with Crippen LogP contribution in [0.5, 0.6) is 0 Å². The van der Waals surface area contributed by atoms with E-state index in [1.165, 1.54) is 6.21 Å². The molecule has 0 aromatic heterocycles. The Hall–Kier alpha value is -0.240. The summed E-state index contributed by atoms with van der Waals surface area (Å²) in [6.45, 7) is 9.85. The minimum absolute atomic E-state index is 0.133. The predicted octanol–water partition coefficient (Wildman–Crippen LogP) is 3.52. The minimum Gasteiger partial charge on any atom is -0.312 e. The van der Waals surface area contributed by atoms with E-state index in [1.54, 1.807) is 0 Å². The number of thiol groups is 1. The van der Waals surface area contributed by atoms with Crippen LogP contribution >= 0.6 is 12.6 Å². The quantitative estimate of drug-likeness (QED) is 0.471. The van der Waals surface area contributed by atoms with E-state index >= 15 is 0 Å². The van der Waals surface area contributed by atoms with Crippen LogP contribution < -0.4 is 0 Å². The molecule has 0 aliphatic carbocycles. The lowest BCUT2D eigenvalue weighted by atomic mass is 9.95. The third-order valence-electron chi connectivity index (χ3n) is 0.953. The lowest BCUT2D eigenvalue weighted by Gasteiger charge is -2.12. The van der Waals surface area contributed by atoms with E-state index in [0.29, 0.717) is 0 Å². The number of allylic oxidation sites excluding steroid dienone is 2. The van der Waals surface area contributed by atoms with Crippen LogP contribution in [0.25, 0.3) is 0 Å². The molecule has 0 rings (SSSR count). The van der Waals surface area contributed by atoms with Crippen molar-refractivity contribution < 1.29 is 0 Å². The molecule has 0 radical (unpaired) electrons. The summed E-state index contributed by atoms with van der Waals surface area (Å²) in [7, 11) is 0. The maximum Gasteiger partial charge on any atom is 0.0182 e. The van der Waals surface area contributed by atoms with Crippen molar-refractivity contribution in [3.8, 4) is 0 Å². The Balaban J connectivity index is 0. The summed E-state index contributed by atoms with van der Waals surface area (Å²) >= 11 is 4.10. The van der Waals surface area contributed by atoms with Crippen molar-refractivity contribution in [1.29, 1.82) is 5.41 Å². The van der Waals surface area contributed by atoms with Gasteiger partial charge in [0.1, 0.15) is 0 Å². The third kappa shape index (κ3) is 9.76. The molecule has 0 amide bonds.